The van der Waals surface area contributed by atoms with Gasteiger partial charge in [0.2, 0.25) is 0 Å². The molecule has 0 saturated carbocycles. The molecule has 1 rings (SSSR count). The van der Waals surface area contributed by atoms with E-state index in [1.165, 1.54) is 12.3 Å². The quantitative estimate of drug-likeness (QED) is 0.443. The van der Waals surface area contributed by atoms with E-state index in [1.807, 2.05) is 19.3 Å². The van der Waals surface area contributed by atoms with Crippen molar-refractivity contribution in [2.75, 3.05) is 32.7 Å². The van der Waals surface area contributed by atoms with Gasteiger partial charge in [-0.25, -0.2) is 20.0 Å². The Labute approximate surface area is 189 Å². The number of carbonyl (C=O) groups is 3. The lowest BCUT2D eigenvalue weighted by Gasteiger charge is -2.23. The molecule has 11 heteroatoms. The summed E-state index contributed by atoms with van der Waals surface area (Å²) < 4.78 is 0. The van der Waals surface area contributed by atoms with Gasteiger partial charge in [-0.05, 0) is 46.9 Å². The highest BCUT2D eigenvalue weighted by Gasteiger charge is 2.21. The Bertz CT molecular complexity index is 713. The van der Waals surface area contributed by atoms with Crippen LogP contribution in [0.2, 0.25) is 5.02 Å². The summed E-state index contributed by atoms with van der Waals surface area (Å²) in [5.74, 6) is -0.171. The Hall–Kier alpha value is -2.59. The second-order valence-electron chi connectivity index (χ2n) is 6.36. The maximum absolute atomic E-state index is 12.3. The van der Waals surface area contributed by atoms with Crippen LogP contribution >= 0.6 is 11.6 Å². The van der Waals surface area contributed by atoms with Gasteiger partial charge in [0.1, 0.15) is 0 Å². The minimum absolute atomic E-state index is 0.142. The molecule has 1 atom stereocenters. The second-order valence-corrected chi connectivity index (χ2v) is 6.77. The van der Waals surface area contributed by atoms with Crippen LogP contribution in [0.3, 0.4) is 0 Å². The van der Waals surface area contributed by atoms with Gasteiger partial charge in [0.15, 0.2) is 0 Å². The van der Waals surface area contributed by atoms with Crippen LogP contribution in [0.4, 0.5) is 9.59 Å². The van der Waals surface area contributed by atoms with Crippen LogP contribution in [0.15, 0.2) is 12.3 Å². The van der Waals surface area contributed by atoms with Crippen molar-refractivity contribution >= 4 is 29.6 Å². The SMILES string of the molecule is CCN(CC)C(=O)c1cnc(C(C)NC(=O)N(CC)NC(=O)O)c(Cl)c1.CCNCC. The zero-order valence-corrected chi connectivity index (χ0v) is 19.9. The van der Waals surface area contributed by atoms with Crippen LogP contribution in [-0.4, -0.2) is 70.8 Å². The van der Waals surface area contributed by atoms with Crippen LogP contribution in [0.5, 0.6) is 0 Å². The predicted molar refractivity (Wildman–Crippen MR) is 121 cm³/mol. The number of carboxylic acid groups (broad SMARTS) is 1. The van der Waals surface area contributed by atoms with E-state index in [1.54, 1.807) is 18.7 Å². The third-order valence-corrected chi connectivity index (χ3v) is 4.51. The Morgan fingerprint density at radius 1 is 1.10 bits per heavy atom. The molecule has 0 aromatic carbocycles. The number of halogens is 1. The van der Waals surface area contributed by atoms with Gasteiger partial charge in [0, 0.05) is 25.8 Å². The van der Waals surface area contributed by atoms with Gasteiger partial charge in [-0.15, -0.1) is 0 Å². The number of nitrogens with zero attached hydrogens (tertiary/aromatic N) is 3. The molecule has 1 unspecified atom stereocenters. The second kappa shape index (κ2) is 15.2. The van der Waals surface area contributed by atoms with Crippen molar-refractivity contribution in [3.8, 4) is 0 Å². The number of nitrogens with one attached hydrogen (secondary N) is 3. The molecule has 0 spiro atoms. The summed E-state index contributed by atoms with van der Waals surface area (Å²) in [4.78, 5) is 41.0. The maximum atomic E-state index is 12.3. The fourth-order valence-corrected chi connectivity index (χ4v) is 2.88. The lowest BCUT2D eigenvalue weighted by Crippen LogP contribution is -2.50. The van der Waals surface area contributed by atoms with Gasteiger partial charge in [-0.3, -0.25) is 9.78 Å². The molecule has 0 aliphatic heterocycles. The summed E-state index contributed by atoms with van der Waals surface area (Å²) in [6, 6.07) is 0.293. The fraction of sp³-hybridized carbons (Fsp3) is 0.600. The van der Waals surface area contributed by atoms with E-state index < -0.39 is 18.2 Å². The summed E-state index contributed by atoms with van der Waals surface area (Å²) >= 11 is 6.23. The summed E-state index contributed by atoms with van der Waals surface area (Å²) in [5.41, 5.74) is 2.73. The Morgan fingerprint density at radius 2 is 1.68 bits per heavy atom. The van der Waals surface area contributed by atoms with Crippen LogP contribution < -0.4 is 16.1 Å². The molecule has 0 radical (unpaired) electrons. The van der Waals surface area contributed by atoms with Gasteiger partial charge in [0.25, 0.3) is 5.91 Å². The molecule has 0 aliphatic rings. The van der Waals surface area contributed by atoms with Crippen molar-refractivity contribution in [3.05, 3.63) is 28.5 Å². The molecule has 1 aromatic heterocycles. The minimum atomic E-state index is -1.34. The maximum Gasteiger partial charge on any atom is 0.423 e. The third-order valence-electron chi connectivity index (χ3n) is 4.21. The highest BCUT2D eigenvalue weighted by molar-refractivity contribution is 6.31. The average Bonchev–Trinajstić information content (AvgIpc) is 2.73. The molecule has 4 N–H and O–H groups in total. The van der Waals surface area contributed by atoms with Crippen molar-refractivity contribution < 1.29 is 19.5 Å². The van der Waals surface area contributed by atoms with Crippen molar-refractivity contribution in [1.82, 2.24) is 31.0 Å². The lowest BCUT2D eigenvalue weighted by atomic mass is 10.1. The molecule has 4 amide bonds. The Morgan fingerprint density at radius 3 is 2.06 bits per heavy atom. The Balaban J connectivity index is 0.00000161. The molecule has 1 heterocycles. The molecule has 31 heavy (non-hydrogen) atoms. The number of hydrogen-bond acceptors (Lipinski definition) is 5. The van der Waals surface area contributed by atoms with E-state index in [0.29, 0.717) is 24.3 Å². The van der Waals surface area contributed by atoms with Gasteiger partial charge in [-0.1, -0.05) is 25.4 Å². The molecule has 0 bridgehead atoms. The molecular weight excluding hydrogens is 424 g/mol. The first kappa shape index (κ1) is 28.4. The van der Waals surface area contributed by atoms with Gasteiger partial charge in [0.05, 0.1) is 22.3 Å². The lowest BCUT2D eigenvalue weighted by molar-refractivity contribution is 0.0772. The highest BCUT2D eigenvalue weighted by Crippen LogP contribution is 2.22. The number of carbonyl (C=O) groups excluding carboxylic acids is 2. The number of hydrogen-bond donors (Lipinski definition) is 4. The summed E-state index contributed by atoms with van der Waals surface area (Å²) in [6.45, 7) is 14.7. The van der Waals surface area contributed by atoms with E-state index in [2.05, 4.69) is 29.5 Å². The van der Waals surface area contributed by atoms with Gasteiger partial charge >= 0.3 is 12.1 Å². The van der Waals surface area contributed by atoms with Crippen LogP contribution in [0, 0.1) is 0 Å². The predicted octanol–water partition coefficient (Wildman–Crippen LogP) is 3.11. The molecule has 0 saturated heterocycles. The smallest absolute Gasteiger partial charge is 0.423 e. The summed E-state index contributed by atoms with van der Waals surface area (Å²) in [5, 5.41) is 15.6. The fourth-order valence-electron chi connectivity index (χ4n) is 2.55. The number of rotatable bonds is 8. The normalized spacial score (nSPS) is 10.9. The number of hydrazine groups is 1. The van der Waals surface area contributed by atoms with E-state index in [-0.39, 0.29) is 17.5 Å². The molecule has 0 fully saturated rings. The van der Waals surface area contributed by atoms with Crippen molar-refractivity contribution in [2.24, 2.45) is 0 Å². The van der Waals surface area contributed by atoms with E-state index in [9.17, 15) is 14.4 Å². The largest absolute Gasteiger partial charge is 0.464 e. The zero-order valence-electron chi connectivity index (χ0n) is 19.2. The number of amides is 4. The van der Waals surface area contributed by atoms with Crippen LogP contribution in [0.1, 0.15) is 63.6 Å². The monoisotopic (exact) mass is 458 g/mol. The Kier molecular flexibility index (Phi) is 14.0. The summed E-state index contributed by atoms with van der Waals surface area (Å²) in [7, 11) is 0. The average molecular weight is 459 g/mol. The standard InChI is InChI=1S/C16H24ClN5O4.C4H11N/c1-5-21(6-2)14(23)11-8-12(17)13(18-9-11)10(4)19-15(24)22(7-3)20-16(25)26;1-3-5-4-2/h8-10,20H,5-7H2,1-4H3,(H,19,24)(H,25,26);5H,3-4H2,1-2H3. The molecule has 1 aromatic rings. The molecule has 176 valence electrons. The first-order valence-electron chi connectivity index (χ1n) is 10.4. The molecule has 0 aliphatic carbocycles. The number of pyridine rings is 1. The zero-order chi connectivity index (χ0) is 24.0. The van der Waals surface area contributed by atoms with E-state index in [0.717, 1.165) is 18.1 Å². The minimum Gasteiger partial charge on any atom is -0.464 e. The highest BCUT2D eigenvalue weighted by atomic mass is 35.5. The van der Waals surface area contributed by atoms with Crippen LogP contribution in [0.25, 0.3) is 0 Å². The van der Waals surface area contributed by atoms with E-state index in [4.69, 9.17) is 16.7 Å². The molecule has 10 nitrogen and oxygen atoms in total. The summed E-state index contributed by atoms with van der Waals surface area (Å²) in [6.07, 6.45) is 0.0718. The first-order valence-corrected chi connectivity index (χ1v) is 10.8. The number of aromatic nitrogens is 1. The third kappa shape index (κ3) is 9.84. The topological polar surface area (TPSA) is 127 Å². The number of urea groups is 1. The van der Waals surface area contributed by atoms with Crippen molar-refractivity contribution in [3.63, 3.8) is 0 Å². The van der Waals surface area contributed by atoms with Crippen molar-refractivity contribution in [1.29, 1.82) is 0 Å². The van der Waals surface area contributed by atoms with E-state index >= 15 is 0 Å². The van der Waals surface area contributed by atoms with Crippen molar-refractivity contribution in [2.45, 2.75) is 47.6 Å². The van der Waals surface area contributed by atoms with Crippen LogP contribution in [-0.2, 0) is 0 Å². The first-order chi connectivity index (χ1) is 14.7. The molecular formula is C20H35ClN6O4. The van der Waals surface area contributed by atoms with Gasteiger partial charge < -0.3 is 20.6 Å². The van der Waals surface area contributed by atoms with Gasteiger partial charge in [-0.2, -0.15) is 0 Å².